The minimum absolute atomic E-state index is 0.237. The Hall–Kier alpha value is -3.54. The molecule has 0 unspecified atom stereocenters. The number of ether oxygens (including phenoxy) is 3. The lowest BCUT2D eigenvalue weighted by Crippen LogP contribution is -2.15. The third-order valence-corrected chi connectivity index (χ3v) is 5.05. The molecular weight excluding hydrogens is 382 g/mol. The first-order valence-corrected chi connectivity index (χ1v) is 9.58. The van der Waals surface area contributed by atoms with Gasteiger partial charge in [0.25, 0.3) is 0 Å². The average molecular weight is 407 g/mol. The third-order valence-electron chi connectivity index (χ3n) is 5.05. The molecule has 0 aliphatic carbocycles. The van der Waals surface area contributed by atoms with E-state index in [9.17, 15) is 9.59 Å². The first-order valence-electron chi connectivity index (χ1n) is 9.58. The summed E-state index contributed by atoms with van der Waals surface area (Å²) >= 11 is 0. The van der Waals surface area contributed by atoms with Gasteiger partial charge in [0, 0.05) is 24.0 Å². The Labute approximate surface area is 176 Å². The minimum Gasteiger partial charge on any atom is -0.493 e. The lowest BCUT2D eigenvalue weighted by Gasteiger charge is -2.12. The van der Waals surface area contributed by atoms with Gasteiger partial charge in [-0.05, 0) is 43.7 Å². The zero-order valence-corrected chi connectivity index (χ0v) is 17.6. The molecule has 6 nitrogen and oxygen atoms in total. The smallest absolute Gasteiger partial charge is 0.338 e. The van der Waals surface area contributed by atoms with E-state index in [4.69, 9.17) is 14.2 Å². The molecule has 6 heteroatoms. The average Bonchev–Trinajstić information content (AvgIpc) is 3.03. The van der Waals surface area contributed by atoms with Gasteiger partial charge in [-0.15, -0.1) is 0 Å². The highest BCUT2D eigenvalue weighted by molar-refractivity contribution is 6.00. The Bertz CT molecular complexity index is 1050. The van der Waals surface area contributed by atoms with Gasteiger partial charge in [0.1, 0.15) is 6.61 Å². The number of hydrogen-bond donors (Lipinski definition) is 0. The van der Waals surface area contributed by atoms with Crippen LogP contribution in [0.5, 0.6) is 11.5 Å². The summed E-state index contributed by atoms with van der Waals surface area (Å²) < 4.78 is 18.3. The summed E-state index contributed by atoms with van der Waals surface area (Å²) in [5.41, 5.74) is 3.68. The molecule has 0 spiro atoms. The van der Waals surface area contributed by atoms with E-state index in [-0.39, 0.29) is 18.0 Å². The molecule has 0 N–H and O–H groups in total. The van der Waals surface area contributed by atoms with Gasteiger partial charge in [-0.2, -0.15) is 0 Å². The molecule has 0 saturated heterocycles. The van der Waals surface area contributed by atoms with E-state index in [1.54, 1.807) is 24.3 Å². The maximum absolute atomic E-state index is 12.4. The second kappa shape index (κ2) is 9.31. The van der Waals surface area contributed by atoms with Crippen molar-refractivity contribution in [3.05, 3.63) is 82.7 Å². The van der Waals surface area contributed by atoms with Crippen molar-refractivity contribution in [3.8, 4) is 11.5 Å². The van der Waals surface area contributed by atoms with Crippen LogP contribution in [0.3, 0.4) is 0 Å². The molecule has 0 aliphatic heterocycles. The Balaban J connectivity index is 1.64. The standard InChI is InChI=1S/C24H25NO5/c1-16-12-20(17(2)25(16)3)21(26)15-30-24(27)19-10-11-22(23(13-19)28-4)29-14-18-8-6-5-7-9-18/h5-13H,14-15H2,1-4H3. The van der Waals surface area contributed by atoms with Gasteiger partial charge in [0.15, 0.2) is 18.1 Å². The first-order chi connectivity index (χ1) is 14.4. The van der Waals surface area contributed by atoms with Crippen molar-refractivity contribution in [2.45, 2.75) is 20.5 Å². The Morgan fingerprint density at radius 3 is 2.33 bits per heavy atom. The molecule has 0 bridgehead atoms. The van der Waals surface area contributed by atoms with Crippen LogP contribution < -0.4 is 9.47 Å². The molecule has 3 aromatic rings. The molecule has 0 radical (unpaired) electrons. The summed E-state index contributed by atoms with van der Waals surface area (Å²) in [5, 5.41) is 0. The molecule has 0 saturated carbocycles. The second-order valence-corrected chi connectivity index (χ2v) is 6.98. The highest BCUT2D eigenvalue weighted by Gasteiger charge is 2.18. The van der Waals surface area contributed by atoms with Crippen LogP contribution in [-0.4, -0.2) is 30.0 Å². The summed E-state index contributed by atoms with van der Waals surface area (Å²) in [5.74, 6) is 0.103. The first kappa shape index (κ1) is 21.2. The number of Topliss-reactive ketones (excluding diaryl/α,β-unsaturated/α-hetero) is 1. The topological polar surface area (TPSA) is 66.8 Å². The molecule has 0 amide bonds. The third kappa shape index (κ3) is 4.71. The van der Waals surface area contributed by atoms with Crippen LogP contribution in [0.1, 0.15) is 37.7 Å². The van der Waals surface area contributed by atoms with Crippen molar-refractivity contribution in [1.29, 1.82) is 0 Å². The molecule has 30 heavy (non-hydrogen) atoms. The molecule has 0 fully saturated rings. The number of aryl methyl sites for hydroxylation is 1. The zero-order chi connectivity index (χ0) is 21.7. The summed E-state index contributed by atoms with van der Waals surface area (Å²) in [6, 6.07) is 16.3. The Morgan fingerprint density at radius 1 is 0.967 bits per heavy atom. The van der Waals surface area contributed by atoms with E-state index in [1.165, 1.54) is 7.11 Å². The minimum atomic E-state index is -0.596. The normalized spacial score (nSPS) is 10.5. The SMILES string of the molecule is COc1cc(C(=O)OCC(=O)c2cc(C)n(C)c2C)ccc1OCc1ccccc1. The van der Waals surface area contributed by atoms with E-state index >= 15 is 0 Å². The summed E-state index contributed by atoms with van der Waals surface area (Å²) in [6.45, 7) is 3.84. The lowest BCUT2D eigenvalue weighted by molar-refractivity contribution is 0.0474. The van der Waals surface area contributed by atoms with Crippen LogP contribution in [0.25, 0.3) is 0 Å². The van der Waals surface area contributed by atoms with Gasteiger partial charge < -0.3 is 18.8 Å². The number of carbonyl (C=O) groups is 2. The highest BCUT2D eigenvalue weighted by atomic mass is 16.5. The summed E-state index contributed by atoms with van der Waals surface area (Å²) in [6.07, 6.45) is 0. The van der Waals surface area contributed by atoms with Crippen LogP contribution in [0.15, 0.2) is 54.6 Å². The van der Waals surface area contributed by atoms with Crippen LogP contribution in [0.4, 0.5) is 0 Å². The molecule has 156 valence electrons. The van der Waals surface area contributed by atoms with E-state index in [2.05, 4.69) is 0 Å². The monoisotopic (exact) mass is 407 g/mol. The molecule has 2 aromatic carbocycles. The Morgan fingerprint density at radius 2 is 1.70 bits per heavy atom. The second-order valence-electron chi connectivity index (χ2n) is 6.98. The van der Waals surface area contributed by atoms with Gasteiger partial charge in [0.05, 0.1) is 12.7 Å². The van der Waals surface area contributed by atoms with E-state index in [1.807, 2.05) is 55.8 Å². The number of esters is 1. The van der Waals surface area contributed by atoms with E-state index in [0.717, 1.165) is 17.0 Å². The van der Waals surface area contributed by atoms with Crippen molar-refractivity contribution in [1.82, 2.24) is 4.57 Å². The molecule has 0 aliphatic rings. The van der Waals surface area contributed by atoms with Crippen molar-refractivity contribution in [3.63, 3.8) is 0 Å². The largest absolute Gasteiger partial charge is 0.493 e. The number of aromatic nitrogens is 1. The number of carbonyl (C=O) groups excluding carboxylic acids is 2. The highest BCUT2D eigenvalue weighted by Crippen LogP contribution is 2.29. The number of nitrogens with zero attached hydrogens (tertiary/aromatic N) is 1. The fourth-order valence-electron chi connectivity index (χ4n) is 3.08. The maximum Gasteiger partial charge on any atom is 0.338 e. The summed E-state index contributed by atoms with van der Waals surface area (Å²) in [4.78, 5) is 24.8. The van der Waals surface area contributed by atoms with Crippen molar-refractivity contribution < 1.29 is 23.8 Å². The van der Waals surface area contributed by atoms with Crippen LogP contribution in [0, 0.1) is 13.8 Å². The quantitative estimate of drug-likeness (QED) is 0.412. The predicted octanol–water partition coefficient (Wildman–Crippen LogP) is 4.27. The molecule has 0 atom stereocenters. The van der Waals surface area contributed by atoms with Crippen LogP contribution in [-0.2, 0) is 18.4 Å². The van der Waals surface area contributed by atoms with Crippen molar-refractivity contribution in [2.75, 3.05) is 13.7 Å². The zero-order valence-electron chi connectivity index (χ0n) is 17.6. The van der Waals surface area contributed by atoms with Crippen LogP contribution >= 0.6 is 0 Å². The number of ketones is 1. The lowest BCUT2D eigenvalue weighted by atomic mass is 10.1. The molecular formula is C24H25NO5. The number of benzene rings is 2. The summed E-state index contributed by atoms with van der Waals surface area (Å²) in [7, 11) is 3.39. The van der Waals surface area contributed by atoms with Crippen LogP contribution in [0.2, 0.25) is 0 Å². The number of methoxy groups -OCH3 is 1. The Kier molecular flexibility index (Phi) is 6.57. The maximum atomic E-state index is 12.4. The number of hydrogen-bond acceptors (Lipinski definition) is 5. The number of rotatable bonds is 8. The van der Waals surface area contributed by atoms with Gasteiger partial charge in [-0.1, -0.05) is 30.3 Å². The van der Waals surface area contributed by atoms with Gasteiger partial charge in [-0.3, -0.25) is 4.79 Å². The molecule has 1 heterocycles. The van der Waals surface area contributed by atoms with Crippen molar-refractivity contribution >= 4 is 11.8 Å². The fraction of sp³-hybridized carbons (Fsp3) is 0.250. The van der Waals surface area contributed by atoms with E-state index in [0.29, 0.717) is 23.7 Å². The predicted molar refractivity (Wildman–Crippen MR) is 113 cm³/mol. The van der Waals surface area contributed by atoms with Gasteiger partial charge in [-0.25, -0.2) is 4.79 Å². The van der Waals surface area contributed by atoms with Gasteiger partial charge >= 0.3 is 5.97 Å². The molecule has 1 aromatic heterocycles. The van der Waals surface area contributed by atoms with Gasteiger partial charge in [0.2, 0.25) is 5.78 Å². The van der Waals surface area contributed by atoms with Crippen molar-refractivity contribution in [2.24, 2.45) is 7.05 Å². The van der Waals surface area contributed by atoms with E-state index < -0.39 is 5.97 Å². The molecule has 3 rings (SSSR count). The fourth-order valence-corrected chi connectivity index (χ4v) is 3.08.